The molecule has 0 aliphatic rings. The quantitative estimate of drug-likeness (QED) is 0.862. The summed E-state index contributed by atoms with van der Waals surface area (Å²) >= 11 is 1.66. The lowest BCUT2D eigenvalue weighted by atomic mass is 10.3. The van der Waals surface area contributed by atoms with Crippen molar-refractivity contribution in [2.75, 3.05) is 0 Å². The highest BCUT2D eigenvalue weighted by Crippen LogP contribution is 2.22. The number of thiazole rings is 1. The topological polar surface area (TPSA) is 50.7 Å². The monoisotopic (exact) mass is 223 g/mol. The number of aryl methyl sites for hydroxylation is 1. The summed E-state index contributed by atoms with van der Waals surface area (Å²) in [6.07, 6.45) is 6.27. The van der Waals surface area contributed by atoms with Gasteiger partial charge in [0, 0.05) is 23.5 Å². The maximum Gasteiger partial charge on any atom is 0.326 e. The van der Waals surface area contributed by atoms with E-state index in [1.54, 1.807) is 28.3 Å². The summed E-state index contributed by atoms with van der Waals surface area (Å²) in [5.41, 5.74) is -0.0873. The van der Waals surface area contributed by atoms with Crippen LogP contribution in [0.2, 0.25) is 0 Å². The van der Waals surface area contributed by atoms with Crippen LogP contribution in [0.3, 0.4) is 0 Å². The van der Waals surface area contributed by atoms with Crippen molar-refractivity contribution in [3.05, 3.63) is 39.0 Å². The van der Waals surface area contributed by atoms with Gasteiger partial charge in [-0.25, -0.2) is 9.78 Å². The van der Waals surface area contributed by atoms with E-state index in [9.17, 15) is 4.79 Å². The molecule has 0 fully saturated rings. The van der Waals surface area contributed by atoms with Crippen LogP contribution < -0.4 is 5.69 Å². The Morgan fingerprint density at radius 2 is 2.47 bits per heavy atom. The van der Waals surface area contributed by atoms with Crippen molar-refractivity contribution in [1.29, 1.82) is 0 Å². The van der Waals surface area contributed by atoms with Gasteiger partial charge in [-0.15, -0.1) is 11.3 Å². The van der Waals surface area contributed by atoms with Crippen molar-refractivity contribution < 1.29 is 0 Å². The number of rotatable bonds is 3. The second-order valence-corrected chi connectivity index (χ2v) is 4.51. The van der Waals surface area contributed by atoms with E-state index in [-0.39, 0.29) is 11.7 Å². The summed E-state index contributed by atoms with van der Waals surface area (Å²) in [4.78, 5) is 19.6. The van der Waals surface area contributed by atoms with Gasteiger partial charge in [0.25, 0.3) is 0 Å². The summed E-state index contributed by atoms with van der Waals surface area (Å²) in [7, 11) is 0. The Kier molecular flexibility index (Phi) is 2.73. The summed E-state index contributed by atoms with van der Waals surface area (Å²) in [6, 6.07) is 0.00838. The minimum absolute atomic E-state index is 0.00838. The lowest BCUT2D eigenvalue weighted by molar-refractivity contribution is 0.613. The maximum atomic E-state index is 11.4. The molecule has 1 atom stereocenters. The highest BCUT2D eigenvalue weighted by molar-refractivity contribution is 7.11. The third-order valence-electron chi connectivity index (χ3n) is 2.37. The summed E-state index contributed by atoms with van der Waals surface area (Å²) in [6.45, 7) is 4.08. The predicted octanol–water partition coefficient (Wildman–Crippen LogP) is 1.80. The van der Waals surface area contributed by atoms with Crippen molar-refractivity contribution in [1.82, 2.24) is 14.5 Å². The Labute approximate surface area is 91.6 Å². The summed E-state index contributed by atoms with van der Waals surface area (Å²) in [5, 5.41) is 0.980. The molecule has 0 aromatic carbocycles. The van der Waals surface area contributed by atoms with Crippen LogP contribution in [0.4, 0.5) is 0 Å². The molecule has 1 N–H and O–H groups in total. The Hall–Kier alpha value is -1.36. The molecule has 4 nitrogen and oxygen atoms in total. The van der Waals surface area contributed by atoms with Crippen molar-refractivity contribution in [2.24, 2.45) is 0 Å². The molecule has 5 heteroatoms. The Morgan fingerprint density at radius 3 is 3.00 bits per heavy atom. The van der Waals surface area contributed by atoms with E-state index in [0.717, 1.165) is 11.4 Å². The van der Waals surface area contributed by atoms with Crippen LogP contribution in [0.5, 0.6) is 0 Å². The molecule has 0 radical (unpaired) electrons. The van der Waals surface area contributed by atoms with Gasteiger partial charge in [0.2, 0.25) is 0 Å². The largest absolute Gasteiger partial charge is 0.326 e. The summed E-state index contributed by atoms with van der Waals surface area (Å²) in [5.74, 6) is 0. The number of aromatic nitrogens is 3. The third kappa shape index (κ3) is 1.87. The number of imidazole rings is 1. The zero-order chi connectivity index (χ0) is 10.8. The van der Waals surface area contributed by atoms with Gasteiger partial charge in [0.05, 0.1) is 6.04 Å². The van der Waals surface area contributed by atoms with E-state index in [1.165, 1.54) is 4.88 Å². The van der Waals surface area contributed by atoms with E-state index in [2.05, 4.69) is 16.9 Å². The molecule has 0 aliphatic heterocycles. The molecule has 2 aromatic rings. The summed E-state index contributed by atoms with van der Waals surface area (Å²) < 4.78 is 1.65. The van der Waals surface area contributed by atoms with E-state index >= 15 is 0 Å². The molecule has 0 spiro atoms. The number of nitrogens with zero attached hydrogens (tertiary/aromatic N) is 2. The fourth-order valence-corrected chi connectivity index (χ4v) is 2.34. The fraction of sp³-hybridized carbons (Fsp3) is 0.400. The predicted molar refractivity (Wildman–Crippen MR) is 60.4 cm³/mol. The molecule has 0 amide bonds. The fourth-order valence-electron chi connectivity index (χ4n) is 1.43. The van der Waals surface area contributed by atoms with Gasteiger partial charge < -0.3 is 4.98 Å². The van der Waals surface area contributed by atoms with Crippen LogP contribution in [0.15, 0.2) is 23.4 Å². The average molecular weight is 223 g/mol. The van der Waals surface area contributed by atoms with E-state index in [1.807, 2.05) is 13.1 Å². The molecule has 0 bridgehead atoms. The lowest BCUT2D eigenvalue weighted by Gasteiger charge is -2.07. The molecule has 15 heavy (non-hydrogen) atoms. The SMILES string of the molecule is CCc1cnc(C(C)n2cc[nH]c2=O)s1. The van der Waals surface area contributed by atoms with Gasteiger partial charge in [0.1, 0.15) is 5.01 Å². The maximum absolute atomic E-state index is 11.4. The van der Waals surface area contributed by atoms with Gasteiger partial charge in [-0.05, 0) is 13.3 Å². The molecule has 0 saturated heterocycles. The second kappa shape index (κ2) is 4.02. The second-order valence-electron chi connectivity index (χ2n) is 3.37. The first kappa shape index (κ1) is 10.2. The molecular formula is C10H13N3OS. The van der Waals surface area contributed by atoms with Gasteiger partial charge in [0.15, 0.2) is 0 Å². The Bertz CT molecular complexity index is 496. The first-order chi connectivity index (χ1) is 7.22. The van der Waals surface area contributed by atoms with Crippen molar-refractivity contribution in [3.8, 4) is 0 Å². The molecule has 1 unspecified atom stereocenters. The van der Waals surface area contributed by atoms with Gasteiger partial charge >= 0.3 is 5.69 Å². The minimum Gasteiger partial charge on any atom is -0.313 e. The average Bonchev–Trinajstić information content (AvgIpc) is 2.84. The van der Waals surface area contributed by atoms with Crippen LogP contribution in [0.1, 0.15) is 29.8 Å². The van der Waals surface area contributed by atoms with Crippen molar-refractivity contribution in [2.45, 2.75) is 26.3 Å². The number of hydrogen-bond acceptors (Lipinski definition) is 3. The normalized spacial score (nSPS) is 12.9. The minimum atomic E-state index is -0.0873. The lowest BCUT2D eigenvalue weighted by Crippen LogP contribution is -2.20. The van der Waals surface area contributed by atoms with Gasteiger partial charge in [-0.1, -0.05) is 6.92 Å². The van der Waals surface area contributed by atoms with Crippen LogP contribution in [-0.2, 0) is 6.42 Å². The van der Waals surface area contributed by atoms with Crippen molar-refractivity contribution >= 4 is 11.3 Å². The molecule has 2 heterocycles. The molecule has 80 valence electrons. The van der Waals surface area contributed by atoms with Crippen LogP contribution in [0, 0.1) is 0 Å². The molecule has 0 aliphatic carbocycles. The van der Waals surface area contributed by atoms with Crippen molar-refractivity contribution in [3.63, 3.8) is 0 Å². The van der Waals surface area contributed by atoms with E-state index in [4.69, 9.17) is 0 Å². The Morgan fingerprint density at radius 1 is 1.67 bits per heavy atom. The first-order valence-corrected chi connectivity index (χ1v) is 5.74. The molecule has 2 aromatic heterocycles. The zero-order valence-corrected chi connectivity index (χ0v) is 9.54. The highest BCUT2D eigenvalue weighted by atomic mass is 32.1. The molecule has 0 saturated carbocycles. The van der Waals surface area contributed by atoms with E-state index < -0.39 is 0 Å². The van der Waals surface area contributed by atoms with Crippen LogP contribution in [-0.4, -0.2) is 14.5 Å². The number of H-pyrrole nitrogens is 1. The van der Waals surface area contributed by atoms with Crippen LogP contribution >= 0.6 is 11.3 Å². The van der Waals surface area contributed by atoms with Crippen LogP contribution in [0.25, 0.3) is 0 Å². The van der Waals surface area contributed by atoms with Gasteiger partial charge in [-0.3, -0.25) is 4.57 Å². The number of hydrogen-bond donors (Lipinski definition) is 1. The Balaban J connectivity index is 2.32. The third-order valence-corrected chi connectivity index (χ3v) is 3.68. The first-order valence-electron chi connectivity index (χ1n) is 4.92. The molecular weight excluding hydrogens is 210 g/mol. The number of nitrogens with one attached hydrogen (secondary N) is 1. The van der Waals surface area contributed by atoms with E-state index in [0.29, 0.717) is 0 Å². The molecule has 2 rings (SSSR count). The standard InChI is InChI=1S/C10H13N3OS/c1-3-8-6-12-9(15-8)7(2)13-5-4-11-10(13)14/h4-7H,3H2,1-2H3,(H,11,14). The zero-order valence-electron chi connectivity index (χ0n) is 8.73. The smallest absolute Gasteiger partial charge is 0.313 e. The number of aromatic amines is 1. The van der Waals surface area contributed by atoms with Gasteiger partial charge in [-0.2, -0.15) is 0 Å². The highest BCUT2D eigenvalue weighted by Gasteiger charge is 2.13.